The molecule has 15 heteroatoms. The van der Waals surface area contributed by atoms with Crippen LogP contribution in [0.3, 0.4) is 0 Å². The summed E-state index contributed by atoms with van der Waals surface area (Å²) < 4.78 is 110. The second-order valence-electron chi connectivity index (χ2n) is 19.5. The van der Waals surface area contributed by atoms with Gasteiger partial charge in [-0.3, -0.25) is 19.2 Å². The first kappa shape index (κ1) is 45.5. The van der Waals surface area contributed by atoms with Crippen LogP contribution >= 0.6 is 0 Å². The maximum Gasteiger partial charge on any atom is 0.329 e. The zero-order chi connectivity index (χ0) is 59.1. The molecular formula is C54H85NO14. The fraction of sp³-hybridized carbons (Fsp3) is 0.759. The second-order valence-corrected chi connectivity index (χ2v) is 19.5. The highest BCUT2D eigenvalue weighted by molar-refractivity contribution is 6.39. The summed E-state index contributed by atoms with van der Waals surface area (Å²) in [5.74, 6) is -16.3. The average Bonchev–Trinajstić information content (AvgIpc) is 3.36. The molecular weight excluding hydrogens is 887 g/mol. The number of carbonyl (C=O) groups excluding carboxylic acids is 5. The zero-order valence-corrected chi connectivity index (χ0v) is 42.2. The van der Waals surface area contributed by atoms with Crippen molar-refractivity contribution in [1.29, 1.82) is 0 Å². The van der Waals surface area contributed by atoms with Crippen LogP contribution < -0.4 is 0 Å². The summed E-state index contributed by atoms with van der Waals surface area (Å²) in [7, 11) is 4.00. The second kappa shape index (κ2) is 27.4. The number of allylic oxidation sites excluding steroid dienone is 6. The third kappa shape index (κ3) is 15.3. The highest BCUT2D eigenvalue weighted by atomic mass is 16.6. The first-order valence-corrected chi connectivity index (χ1v) is 24.4. The van der Waals surface area contributed by atoms with Crippen LogP contribution in [-0.4, -0.2) is 145 Å². The van der Waals surface area contributed by atoms with Crippen molar-refractivity contribution in [2.24, 2.45) is 41.4 Å². The molecule has 2 bridgehead atoms. The van der Waals surface area contributed by atoms with E-state index in [0.29, 0.717) is 32.1 Å². The van der Waals surface area contributed by atoms with Crippen LogP contribution in [0, 0.1) is 41.4 Å². The number of cyclic esters (lactones) is 1. The molecule has 16 atom stereocenters. The SMILES string of the molecule is [2H]C([2H])([2H])[C@@H]1/C=C(\C)[C@@H](O)[C@@H](OC)C(=O)[C@H](C)C([2H])(C)[C@]([2H])(C)/C=C/C=C/C=C(\C)[C@@H](OC)C[C@@H]2CC[C@@H](C)[C@@](O)(O2)C(=O)C(=O)N2CCCC[C@H]2C(=O)O[C@H]([C@H](C)C[C@@H]2CC[C@@H](OC([2H])([2H])C([2H])([2H])O)[C@H](OC)C2)CC1=O. The molecule has 0 aromatic heterocycles. The van der Waals surface area contributed by atoms with Gasteiger partial charge < -0.3 is 48.6 Å². The largest absolute Gasteiger partial charge is 0.460 e. The van der Waals surface area contributed by atoms with E-state index in [1.807, 2.05) is 6.92 Å². The quantitative estimate of drug-likeness (QED) is 0.129. The Morgan fingerprint density at radius 1 is 0.928 bits per heavy atom. The lowest BCUT2D eigenvalue weighted by atomic mass is 9.78. The van der Waals surface area contributed by atoms with Crippen molar-refractivity contribution < 1.29 is 80.1 Å². The summed E-state index contributed by atoms with van der Waals surface area (Å²) in [6, 6.07) is -1.38. The molecule has 3 aliphatic heterocycles. The van der Waals surface area contributed by atoms with E-state index in [-0.39, 0.29) is 50.1 Å². The smallest absolute Gasteiger partial charge is 0.329 e. The Morgan fingerprint density at radius 2 is 1.67 bits per heavy atom. The molecule has 0 aromatic carbocycles. The first-order chi connectivity index (χ1) is 36.0. The molecule has 15 nitrogen and oxygen atoms in total. The molecule has 4 rings (SSSR count). The third-order valence-electron chi connectivity index (χ3n) is 14.9. The van der Waals surface area contributed by atoms with Crippen molar-refractivity contribution in [1.82, 2.24) is 4.90 Å². The van der Waals surface area contributed by atoms with Crippen molar-refractivity contribution in [3.05, 3.63) is 47.6 Å². The van der Waals surface area contributed by atoms with E-state index in [1.165, 1.54) is 48.0 Å². The van der Waals surface area contributed by atoms with Crippen LogP contribution in [0.5, 0.6) is 0 Å². The van der Waals surface area contributed by atoms with Crippen molar-refractivity contribution in [3.8, 4) is 0 Å². The van der Waals surface area contributed by atoms with E-state index in [0.717, 1.165) is 23.7 Å². The fourth-order valence-electron chi connectivity index (χ4n) is 9.99. The summed E-state index contributed by atoms with van der Waals surface area (Å²) in [5.41, 5.74) is 0.591. The molecule has 3 fully saturated rings. The van der Waals surface area contributed by atoms with Crippen molar-refractivity contribution in [3.63, 3.8) is 0 Å². The fourth-order valence-corrected chi connectivity index (χ4v) is 9.99. The van der Waals surface area contributed by atoms with Gasteiger partial charge in [0.05, 0.1) is 43.0 Å². The van der Waals surface area contributed by atoms with E-state index in [1.54, 1.807) is 38.2 Å². The molecule has 1 aliphatic carbocycles. The molecule has 1 saturated carbocycles. The van der Waals surface area contributed by atoms with E-state index in [2.05, 4.69) is 0 Å². The number of methoxy groups -OCH3 is 3. The van der Waals surface area contributed by atoms with E-state index < -0.39 is 146 Å². The van der Waals surface area contributed by atoms with Crippen molar-refractivity contribution in [2.45, 2.75) is 181 Å². The van der Waals surface area contributed by atoms with Crippen LogP contribution in [0.15, 0.2) is 47.6 Å². The summed E-state index contributed by atoms with van der Waals surface area (Å²) in [5, 5.41) is 33.5. The molecule has 1 amide bonds. The number of ether oxygens (including phenoxy) is 6. The topological polar surface area (TPSA) is 205 Å². The molecule has 1 unspecified atom stereocenters. The van der Waals surface area contributed by atoms with Gasteiger partial charge in [-0.1, -0.05) is 77.9 Å². The number of esters is 1. The Morgan fingerprint density at radius 3 is 2.33 bits per heavy atom. The van der Waals surface area contributed by atoms with Crippen LogP contribution in [-0.2, 0) is 52.4 Å². The normalized spacial score (nSPS) is 44.5. The lowest BCUT2D eigenvalue weighted by molar-refractivity contribution is -0.265. The maximum absolute atomic E-state index is 14.6. The van der Waals surface area contributed by atoms with Gasteiger partial charge in [0.1, 0.15) is 30.1 Å². The highest BCUT2D eigenvalue weighted by Gasteiger charge is 2.53. The summed E-state index contributed by atoms with van der Waals surface area (Å²) in [6.07, 6.45) is 3.05. The van der Waals surface area contributed by atoms with Gasteiger partial charge in [-0.25, -0.2) is 4.79 Å². The van der Waals surface area contributed by atoms with Crippen molar-refractivity contribution in [2.75, 3.05) is 41.0 Å². The molecule has 390 valence electrons. The molecule has 2 saturated heterocycles. The number of hydrogen-bond donors (Lipinski definition) is 3. The minimum absolute atomic E-state index is 0.0324. The third-order valence-corrected chi connectivity index (χ3v) is 14.9. The van der Waals surface area contributed by atoms with E-state index >= 15 is 0 Å². The van der Waals surface area contributed by atoms with Gasteiger partial charge in [0.2, 0.25) is 5.79 Å². The molecule has 4 aliphatic rings. The average molecular weight is 981 g/mol. The van der Waals surface area contributed by atoms with Gasteiger partial charge in [-0.2, -0.15) is 0 Å². The van der Waals surface area contributed by atoms with Gasteiger partial charge in [-0.15, -0.1) is 0 Å². The monoisotopic (exact) mass is 981 g/mol. The van der Waals surface area contributed by atoms with Gasteiger partial charge in [0, 0.05) is 65.3 Å². The molecule has 69 heavy (non-hydrogen) atoms. The molecule has 0 spiro atoms. The molecule has 3 N–H and O–H groups in total. The van der Waals surface area contributed by atoms with Crippen LogP contribution in [0.4, 0.5) is 0 Å². The lowest BCUT2D eigenvalue weighted by Gasteiger charge is -2.42. The number of hydrogen-bond acceptors (Lipinski definition) is 14. The molecule has 0 aromatic rings. The number of amides is 1. The van der Waals surface area contributed by atoms with Crippen molar-refractivity contribution >= 4 is 29.2 Å². The highest BCUT2D eigenvalue weighted by Crippen LogP contribution is 2.38. The zero-order valence-electron chi connectivity index (χ0n) is 51.2. The summed E-state index contributed by atoms with van der Waals surface area (Å²) in [6.45, 7) is 1.10. The Balaban J connectivity index is 1.82. The number of nitrogens with zero attached hydrogens (tertiary/aromatic N) is 1. The molecule has 0 radical (unpaired) electrons. The Labute approximate surface area is 424 Å². The number of Topliss-reactive ketones (excluding diaryl/α,β-unsaturated/α-hetero) is 3. The number of aliphatic hydroxyl groups excluding tert-OH is 1. The number of aliphatic hydroxyl groups is 3. The van der Waals surface area contributed by atoms with Crippen LogP contribution in [0.25, 0.3) is 0 Å². The Kier molecular flexibility index (Phi) is 18.1. The molecule has 3 heterocycles. The predicted molar refractivity (Wildman–Crippen MR) is 261 cm³/mol. The first-order valence-electron chi connectivity index (χ1n) is 28.9. The van der Waals surface area contributed by atoms with Crippen LogP contribution in [0.1, 0.15) is 138 Å². The predicted octanol–water partition coefficient (Wildman–Crippen LogP) is 6.44. The standard InChI is InChI=1S/C54H85NO14/c1-32-17-13-12-14-18-33(2)45(64-9)30-41-22-20-37(6)54(63,69-41)51(60)52(61)55-24-16-15-19-42(55)53(62)68-46(35(4)28-40-21-23-44(67-26-25-56)47(29-40)65-10)31-43(57)34(3)27-36(5)48(58)50(66-11)49(59)39(8)38(32)7/h12-14,17-18,27,32,34-35,37-42,44-48,50,56,58,63H,15-16,19-26,28-31H2,1-11H3/b14-12+,17-13+,33-18+,36-27+/t32-,34-,35-,37-,38?,39-,40+,41+,42+,44-,45+,46+,47-,48-,50-,54-/m1/s1/i3D3,25D2,26D2,32D,38D. The van der Waals surface area contributed by atoms with E-state index in [4.69, 9.17) is 38.0 Å². The number of rotatable bonds is 9. The van der Waals surface area contributed by atoms with Gasteiger partial charge in [0.15, 0.2) is 5.78 Å². The van der Waals surface area contributed by atoms with E-state index in [9.17, 15) is 42.0 Å². The Hall–Kier alpha value is -3.41. The number of carbonyl (C=O) groups is 5. The number of ketones is 3. The van der Waals surface area contributed by atoms with Gasteiger partial charge >= 0.3 is 5.97 Å². The van der Waals surface area contributed by atoms with Crippen LogP contribution in [0.2, 0.25) is 0 Å². The number of piperidine rings is 1. The van der Waals surface area contributed by atoms with Gasteiger partial charge in [-0.05, 0) is 106 Å². The lowest BCUT2D eigenvalue weighted by Crippen LogP contribution is -2.61. The Bertz CT molecular complexity index is 2230. The number of fused-ring (bicyclic) bond motifs is 3. The minimum Gasteiger partial charge on any atom is -0.460 e. The summed E-state index contributed by atoms with van der Waals surface area (Å²) >= 11 is 0. The maximum atomic E-state index is 14.6. The minimum atomic E-state index is -3.34. The summed E-state index contributed by atoms with van der Waals surface area (Å²) in [4.78, 5) is 73.2. The van der Waals surface area contributed by atoms with Gasteiger partial charge in [0.25, 0.3) is 11.7 Å².